The predicted molar refractivity (Wildman–Crippen MR) is 66.4 cm³/mol. The molecule has 0 radical (unpaired) electrons. The monoisotopic (exact) mass is 228 g/mol. The molecule has 0 saturated carbocycles. The lowest BCUT2D eigenvalue weighted by Gasteiger charge is -2.00. The molecule has 1 aromatic carbocycles. The summed E-state index contributed by atoms with van der Waals surface area (Å²) in [5.41, 5.74) is 2.86. The second-order valence-electron chi connectivity index (χ2n) is 3.59. The standard InChI is InChI=1S/C13H9ClN2/c14-16-12(10-5-2-1-3-6-10)9-11-7-4-8-15-13(11)16/h1-9H. The summed E-state index contributed by atoms with van der Waals surface area (Å²) in [6.07, 6.45) is 1.75. The van der Waals surface area contributed by atoms with Crippen LogP contribution < -0.4 is 0 Å². The zero-order chi connectivity index (χ0) is 11.0. The van der Waals surface area contributed by atoms with Crippen LogP contribution in [0, 0.1) is 0 Å². The number of hydrogen-bond acceptors (Lipinski definition) is 1. The summed E-state index contributed by atoms with van der Waals surface area (Å²) in [5.74, 6) is 0. The molecule has 0 amide bonds. The third kappa shape index (κ3) is 1.39. The van der Waals surface area contributed by atoms with Gasteiger partial charge in [0.05, 0.1) is 5.69 Å². The van der Waals surface area contributed by atoms with Gasteiger partial charge < -0.3 is 0 Å². The molecule has 3 aromatic rings. The Hall–Kier alpha value is -1.80. The minimum Gasteiger partial charge on any atom is -0.237 e. The molecular formula is C13H9ClN2. The summed E-state index contributed by atoms with van der Waals surface area (Å²) >= 11 is 6.25. The highest BCUT2D eigenvalue weighted by atomic mass is 35.5. The first-order chi connectivity index (χ1) is 7.86. The van der Waals surface area contributed by atoms with Gasteiger partial charge in [0.2, 0.25) is 0 Å². The Balaban J connectivity index is 2.29. The van der Waals surface area contributed by atoms with Gasteiger partial charge in [0.25, 0.3) is 0 Å². The molecule has 0 fully saturated rings. The van der Waals surface area contributed by atoms with Crippen LogP contribution >= 0.6 is 11.8 Å². The largest absolute Gasteiger partial charge is 0.237 e. The predicted octanol–water partition coefficient (Wildman–Crippen LogP) is 3.71. The van der Waals surface area contributed by atoms with Crippen LogP contribution in [0.2, 0.25) is 0 Å². The van der Waals surface area contributed by atoms with E-state index in [1.165, 1.54) is 0 Å². The van der Waals surface area contributed by atoms with E-state index in [1.807, 2.05) is 48.5 Å². The smallest absolute Gasteiger partial charge is 0.155 e. The van der Waals surface area contributed by atoms with Crippen LogP contribution in [0.5, 0.6) is 0 Å². The van der Waals surface area contributed by atoms with Crippen molar-refractivity contribution in [3.8, 4) is 11.3 Å². The zero-order valence-electron chi connectivity index (χ0n) is 8.47. The third-order valence-electron chi connectivity index (χ3n) is 2.58. The maximum absolute atomic E-state index is 6.25. The highest BCUT2D eigenvalue weighted by Crippen LogP contribution is 2.27. The molecule has 0 aliphatic heterocycles. The van der Waals surface area contributed by atoms with Gasteiger partial charge in [-0.1, -0.05) is 30.3 Å². The molecule has 0 unspecified atom stereocenters. The molecule has 0 aliphatic carbocycles. The van der Waals surface area contributed by atoms with Crippen molar-refractivity contribution >= 4 is 22.8 Å². The van der Waals surface area contributed by atoms with Crippen LogP contribution in [0.4, 0.5) is 0 Å². The molecule has 2 aromatic heterocycles. The molecule has 0 saturated heterocycles. The van der Waals surface area contributed by atoms with Gasteiger partial charge >= 0.3 is 0 Å². The van der Waals surface area contributed by atoms with Crippen molar-refractivity contribution in [2.45, 2.75) is 0 Å². The number of halogens is 1. The summed E-state index contributed by atoms with van der Waals surface area (Å²) in [4.78, 5) is 4.26. The number of fused-ring (bicyclic) bond motifs is 1. The van der Waals surface area contributed by atoms with Gasteiger partial charge in [-0.05, 0) is 23.8 Å². The molecule has 3 rings (SSSR count). The van der Waals surface area contributed by atoms with E-state index >= 15 is 0 Å². The molecule has 0 N–H and O–H groups in total. The van der Waals surface area contributed by atoms with Crippen molar-refractivity contribution in [1.29, 1.82) is 0 Å². The Bertz CT molecular complexity index is 629. The Morgan fingerprint density at radius 3 is 2.56 bits per heavy atom. The van der Waals surface area contributed by atoms with Crippen molar-refractivity contribution in [1.82, 2.24) is 9.07 Å². The number of nitrogens with zero attached hydrogens (tertiary/aromatic N) is 2. The van der Waals surface area contributed by atoms with Gasteiger partial charge in [-0.3, -0.25) is 0 Å². The lowest BCUT2D eigenvalue weighted by Crippen LogP contribution is -1.86. The molecule has 0 spiro atoms. The van der Waals surface area contributed by atoms with Crippen molar-refractivity contribution in [3.05, 3.63) is 54.7 Å². The van der Waals surface area contributed by atoms with Crippen LogP contribution in [0.1, 0.15) is 0 Å². The molecule has 0 aliphatic rings. The first-order valence-corrected chi connectivity index (χ1v) is 5.38. The second-order valence-corrected chi connectivity index (χ2v) is 3.93. The van der Waals surface area contributed by atoms with Crippen molar-refractivity contribution < 1.29 is 0 Å². The van der Waals surface area contributed by atoms with Crippen LogP contribution in [0.15, 0.2) is 54.7 Å². The average Bonchev–Trinajstić information content (AvgIpc) is 2.69. The van der Waals surface area contributed by atoms with E-state index in [9.17, 15) is 0 Å². The van der Waals surface area contributed by atoms with E-state index in [0.29, 0.717) is 0 Å². The molecule has 78 valence electrons. The Labute approximate surface area is 98.2 Å². The minimum absolute atomic E-state index is 0.794. The van der Waals surface area contributed by atoms with Gasteiger partial charge in [0.15, 0.2) is 5.65 Å². The fourth-order valence-electron chi connectivity index (χ4n) is 1.81. The van der Waals surface area contributed by atoms with Gasteiger partial charge in [-0.15, -0.1) is 0 Å². The maximum Gasteiger partial charge on any atom is 0.155 e. The minimum atomic E-state index is 0.794. The summed E-state index contributed by atoms with van der Waals surface area (Å²) in [6, 6.07) is 16.0. The number of rotatable bonds is 1. The van der Waals surface area contributed by atoms with Crippen LogP contribution in [-0.4, -0.2) is 9.07 Å². The number of hydrogen-bond donors (Lipinski definition) is 0. The number of aromatic nitrogens is 2. The quantitative estimate of drug-likeness (QED) is 0.621. The summed E-state index contributed by atoms with van der Waals surface area (Å²) < 4.78 is 1.60. The lowest BCUT2D eigenvalue weighted by atomic mass is 10.1. The Morgan fingerprint density at radius 1 is 1.00 bits per heavy atom. The topological polar surface area (TPSA) is 17.8 Å². The van der Waals surface area contributed by atoms with Crippen molar-refractivity contribution in [2.24, 2.45) is 0 Å². The van der Waals surface area contributed by atoms with Crippen molar-refractivity contribution in [2.75, 3.05) is 0 Å². The molecule has 2 heterocycles. The zero-order valence-corrected chi connectivity index (χ0v) is 9.22. The van der Waals surface area contributed by atoms with Gasteiger partial charge in [0, 0.05) is 23.4 Å². The highest BCUT2D eigenvalue weighted by molar-refractivity contribution is 6.21. The van der Waals surface area contributed by atoms with Gasteiger partial charge in [0.1, 0.15) is 0 Å². The SMILES string of the molecule is Cln1c(-c2ccccc2)cc2cccnc21. The number of benzene rings is 1. The second kappa shape index (κ2) is 3.65. The normalized spacial score (nSPS) is 10.8. The van der Waals surface area contributed by atoms with E-state index in [-0.39, 0.29) is 0 Å². The number of pyridine rings is 1. The summed E-state index contributed by atoms with van der Waals surface area (Å²) in [7, 11) is 0. The highest BCUT2D eigenvalue weighted by Gasteiger charge is 2.08. The first-order valence-electron chi connectivity index (χ1n) is 5.04. The van der Waals surface area contributed by atoms with Gasteiger partial charge in [-0.2, -0.15) is 0 Å². The van der Waals surface area contributed by atoms with Gasteiger partial charge in [-0.25, -0.2) is 9.07 Å². The molecular weight excluding hydrogens is 220 g/mol. The average molecular weight is 229 g/mol. The van der Waals surface area contributed by atoms with Crippen molar-refractivity contribution in [3.63, 3.8) is 0 Å². The van der Waals surface area contributed by atoms with Crippen LogP contribution in [0.3, 0.4) is 0 Å². The third-order valence-corrected chi connectivity index (χ3v) is 2.92. The van der Waals surface area contributed by atoms with Crippen LogP contribution in [-0.2, 0) is 0 Å². The van der Waals surface area contributed by atoms with E-state index in [2.05, 4.69) is 4.98 Å². The van der Waals surface area contributed by atoms with E-state index in [0.717, 1.165) is 22.3 Å². The Kier molecular flexibility index (Phi) is 2.15. The molecule has 0 atom stereocenters. The summed E-state index contributed by atoms with van der Waals surface area (Å²) in [5, 5.41) is 1.05. The molecule has 2 nitrogen and oxygen atoms in total. The van der Waals surface area contributed by atoms with E-state index in [4.69, 9.17) is 11.8 Å². The fraction of sp³-hybridized carbons (Fsp3) is 0. The maximum atomic E-state index is 6.25. The fourth-order valence-corrected chi connectivity index (χ4v) is 2.10. The summed E-state index contributed by atoms with van der Waals surface area (Å²) in [6.45, 7) is 0. The molecule has 16 heavy (non-hydrogen) atoms. The van der Waals surface area contributed by atoms with E-state index < -0.39 is 0 Å². The Morgan fingerprint density at radius 2 is 1.81 bits per heavy atom. The first kappa shape index (κ1) is 9.43. The lowest BCUT2D eigenvalue weighted by molar-refractivity contribution is 1.24. The van der Waals surface area contributed by atoms with E-state index in [1.54, 1.807) is 10.3 Å². The molecule has 3 heteroatoms. The molecule has 0 bridgehead atoms. The van der Waals surface area contributed by atoms with Crippen LogP contribution in [0.25, 0.3) is 22.3 Å².